The predicted molar refractivity (Wildman–Crippen MR) is 75.4 cm³/mol. The summed E-state index contributed by atoms with van der Waals surface area (Å²) >= 11 is 0. The minimum Gasteiger partial charge on any atom is -0.469 e. The maximum Gasteiger partial charge on any atom is 0.310 e. The van der Waals surface area contributed by atoms with Crippen LogP contribution >= 0.6 is 0 Å². The summed E-state index contributed by atoms with van der Waals surface area (Å²) in [5.41, 5.74) is 0.929. The highest BCUT2D eigenvalue weighted by Gasteiger charge is 2.14. The molecule has 1 aliphatic rings. The molecule has 0 saturated carbocycles. The van der Waals surface area contributed by atoms with Crippen LogP contribution in [0.5, 0.6) is 0 Å². The van der Waals surface area contributed by atoms with E-state index in [1.807, 2.05) is 25.3 Å². The Labute approximate surface area is 114 Å². The fourth-order valence-corrected chi connectivity index (χ4v) is 2.18. The number of pyridine rings is 1. The quantitative estimate of drug-likeness (QED) is 0.822. The van der Waals surface area contributed by atoms with Crippen molar-refractivity contribution in [3.05, 3.63) is 18.3 Å². The van der Waals surface area contributed by atoms with Gasteiger partial charge >= 0.3 is 5.97 Å². The summed E-state index contributed by atoms with van der Waals surface area (Å²) in [6, 6.07) is 4.03. The second-order valence-corrected chi connectivity index (χ2v) is 4.90. The van der Waals surface area contributed by atoms with Crippen molar-refractivity contribution >= 4 is 17.5 Å². The third kappa shape index (κ3) is 3.59. The molecule has 1 unspecified atom stereocenters. The van der Waals surface area contributed by atoms with E-state index in [1.54, 1.807) is 0 Å². The Bertz CT molecular complexity index is 413. The fraction of sp³-hybridized carbons (Fsp3) is 0.571. The number of ether oxygens (including phenoxy) is 1. The number of nitrogens with zero attached hydrogens (tertiary/aromatic N) is 2. The summed E-state index contributed by atoms with van der Waals surface area (Å²) in [6.07, 6.45) is 4.31. The van der Waals surface area contributed by atoms with Gasteiger partial charge in [0.1, 0.15) is 5.82 Å². The van der Waals surface area contributed by atoms with E-state index in [0.29, 0.717) is 6.54 Å². The largest absolute Gasteiger partial charge is 0.469 e. The molecule has 0 bridgehead atoms. The van der Waals surface area contributed by atoms with Crippen molar-refractivity contribution in [3.8, 4) is 0 Å². The van der Waals surface area contributed by atoms with Crippen molar-refractivity contribution in [2.75, 3.05) is 37.0 Å². The van der Waals surface area contributed by atoms with Crippen molar-refractivity contribution in [3.63, 3.8) is 0 Å². The minimum absolute atomic E-state index is 0.164. The molecule has 0 amide bonds. The first kappa shape index (κ1) is 13.6. The topological polar surface area (TPSA) is 54.5 Å². The zero-order valence-electron chi connectivity index (χ0n) is 11.6. The molecular weight excluding hydrogens is 242 g/mol. The molecule has 0 radical (unpaired) electrons. The number of carbonyl (C=O) groups is 1. The normalized spacial score (nSPS) is 16.2. The summed E-state index contributed by atoms with van der Waals surface area (Å²) in [7, 11) is 1.41. The average molecular weight is 263 g/mol. The first-order chi connectivity index (χ1) is 9.20. The van der Waals surface area contributed by atoms with Crippen LogP contribution in [-0.2, 0) is 9.53 Å². The highest BCUT2D eigenvalue weighted by Crippen LogP contribution is 2.19. The molecule has 0 aromatic carbocycles. The lowest BCUT2D eigenvalue weighted by Crippen LogP contribution is -2.22. The number of nitrogens with one attached hydrogen (secondary N) is 1. The number of aromatic nitrogens is 1. The van der Waals surface area contributed by atoms with E-state index in [1.165, 1.54) is 20.0 Å². The molecule has 104 valence electrons. The van der Waals surface area contributed by atoms with E-state index in [0.717, 1.165) is 24.6 Å². The maximum atomic E-state index is 11.3. The predicted octanol–water partition coefficient (Wildman–Crippen LogP) is 1.90. The Kier molecular flexibility index (Phi) is 4.60. The zero-order valence-corrected chi connectivity index (χ0v) is 11.6. The van der Waals surface area contributed by atoms with E-state index >= 15 is 0 Å². The molecule has 1 aromatic heterocycles. The Morgan fingerprint density at radius 1 is 1.47 bits per heavy atom. The molecule has 19 heavy (non-hydrogen) atoms. The molecule has 1 N–H and O–H groups in total. The lowest BCUT2D eigenvalue weighted by Gasteiger charge is -2.17. The van der Waals surface area contributed by atoms with Gasteiger partial charge in [-0.05, 0) is 25.0 Å². The lowest BCUT2D eigenvalue weighted by molar-refractivity contribution is -0.144. The molecule has 2 rings (SSSR count). The Morgan fingerprint density at radius 2 is 2.21 bits per heavy atom. The van der Waals surface area contributed by atoms with Crippen LogP contribution in [0.1, 0.15) is 19.8 Å². The molecule has 1 aliphatic heterocycles. The van der Waals surface area contributed by atoms with E-state index < -0.39 is 0 Å². The second-order valence-electron chi connectivity index (χ2n) is 4.90. The standard InChI is InChI=1S/C14H21N3O2/c1-11(14(18)19-2)9-15-12-5-6-13(16-10-12)17-7-3-4-8-17/h5-6,10-11,15H,3-4,7-9H2,1-2H3. The van der Waals surface area contributed by atoms with Gasteiger partial charge in [0.15, 0.2) is 0 Å². The van der Waals surface area contributed by atoms with E-state index in [9.17, 15) is 4.79 Å². The monoisotopic (exact) mass is 263 g/mol. The molecule has 1 atom stereocenters. The molecule has 1 saturated heterocycles. The number of esters is 1. The first-order valence-corrected chi connectivity index (χ1v) is 6.73. The number of rotatable bonds is 5. The molecule has 5 heteroatoms. The van der Waals surface area contributed by atoms with Crippen LogP contribution in [-0.4, -0.2) is 37.7 Å². The van der Waals surface area contributed by atoms with Gasteiger partial charge < -0.3 is 15.0 Å². The Hall–Kier alpha value is -1.78. The van der Waals surface area contributed by atoms with Crippen LogP contribution in [0.15, 0.2) is 18.3 Å². The third-order valence-electron chi connectivity index (χ3n) is 3.39. The number of anilines is 2. The van der Waals surface area contributed by atoms with Crippen LogP contribution in [0.2, 0.25) is 0 Å². The van der Waals surface area contributed by atoms with Gasteiger partial charge in [0.25, 0.3) is 0 Å². The van der Waals surface area contributed by atoms with Gasteiger partial charge in [-0.3, -0.25) is 4.79 Å². The van der Waals surface area contributed by atoms with Crippen LogP contribution in [0.4, 0.5) is 11.5 Å². The number of carbonyl (C=O) groups excluding carboxylic acids is 1. The van der Waals surface area contributed by atoms with E-state index in [2.05, 4.69) is 19.9 Å². The highest BCUT2D eigenvalue weighted by molar-refractivity contribution is 5.72. The summed E-state index contributed by atoms with van der Waals surface area (Å²) < 4.78 is 4.69. The smallest absolute Gasteiger partial charge is 0.310 e. The van der Waals surface area contributed by atoms with Crippen molar-refractivity contribution in [1.82, 2.24) is 4.98 Å². The fourth-order valence-electron chi connectivity index (χ4n) is 2.18. The average Bonchev–Trinajstić information content (AvgIpc) is 2.98. The number of hydrogen-bond acceptors (Lipinski definition) is 5. The maximum absolute atomic E-state index is 11.3. The molecular formula is C14H21N3O2. The van der Waals surface area contributed by atoms with Gasteiger partial charge in [0.05, 0.1) is 24.9 Å². The van der Waals surface area contributed by atoms with Crippen molar-refractivity contribution in [2.45, 2.75) is 19.8 Å². The Morgan fingerprint density at radius 3 is 2.79 bits per heavy atom. The molecule has 1 aromatic rings. The first-order valence-electron chi connectivity index (χ1n) is 6.73. The second kappa shape index (κ2) is 6.41. The van der Waals surface area contributed by atoms with Gasteiger partial charge in [-0.15, -0.1) is 0 Å². The molecule has 0 aliphatic carbocycles. The van der Waals surface area contributed by atoms with Crippen LogP contribution in [0.3, 0.4) is 0 Å². The van der Waals surface area contributed by atoms with Crippen LogP contribution in [0.25, 0.3) is 0 Å². The molecule has 5 nitrogen and oxygen atoms in total. The van der Waals surface area contributed by atoms with Crippen LogP contribution in [0, 0.1) is 5.92 Å². The van der Waals surface area contributed by atoms with Crippen molar-refractivity contribution in [2.24, 2.45) is 5.92 Å². The summed E-state index contributed by atoms with van der Waals surface area (Å²) in [5, 5.41) is 3.20. The molecule has 0 spiro atoms. The zero-order chi connectivity index (χ0) is 13.7. The SMILES string of the molecule is COC(=O)C(C)CNc1ccc(N2CCCC2)nc1. The molecule has 1 fully saturated rings. The van der Waals surface area contributed by atoms with E-state index in [-0.39, 0.29) is 11.9 Å². The third-order valence-corrected chi connectivity index (χ3v) is 3.39. The van der Waals surface area contributed by atoms with Gasteiger partial charge in [0, 0.05) is 19.6 Å². The van der Waals surface area contributed by atoms with Gasteiger partial charge in [-0.25, -0.2) is 4.98 Å². The summed E-state index contributed by atoms with van der Waals surface area (Å²) in [5.74, 6) is 0.668. The Balaban J connectivity index is 1.86. The summed E-state index contributed by atoms with van der Waals surface area (Å²) in [4.78, 5) is 18.0. The van der Waals surface area contributed by atoms with Gasteiger partial charge in [-0.1, -0.05) is 6.92 Å². The van der Waals surface area contributed by atoms with Gasteiger partial charge in [0.2, 0.25) is 0 Å². The number of hydrogen-bond donors (Lipinski definition) is 1. The van der Waals surface area contributed by atoms with Crippen LogP contribution < -0.4 is 10.2 Å². The lowest BCUT2D eigenvalue weighted by atomic mass is 10.2. The van der Waals surface area contributed by atoms with Gasteiger partial charge in [-0.2, -0.15) is 0 Å². The molecule has 2 heterocycles. The van der Waals surface area contributed by atoms with Crippen molar-refractivity contribution < 1.29 is 9.53 Å². The van der Waals surface area contributed by atoms with Crippen molar-refractivity contribution in [1.29, 1.82) is 0 Å². The highest BCUT2D eigenvalue weighted by atomic mass is 16.5. The number of methoxy groups -OCH3 is 1. The summed E-state index contributed by atoms with van der Waals surface area (Å²) in [6.45, 7) is 4.58. The van der Waals surface area contributed by atoms with E-state index in [4.69, 9.17) is 0 Å². The minimum atomic E-state index is -0.200.